The van der Waals surface area contributed by atoms with Gasteiger partial charge in [-0.15, -0.1) is 11.3 Å². The third-order valence-corrected chi connectivity index (χ3v) is 6.58. The molecule has 4 rings (SSSR count). The van der Waals surface area contributed by atoms with Gasteiger partial charge in [0.25, 0.3) is 5.91 Å². The lowest BCUT2D eigenvalue weighted by Crippen LogP contribution is -2.40. The average Bonchev–Trinajstić information content (AvgIpc) is 3.30. The maximum atomic E-state index is 12.6. The summed E-state index contributed by atoms with van der Waals surface area (Å²) in [6, 6.07) is 0.230. The maximum absolute atomic E-state index is 12.6. The van der Waals surface area contributed by atoms with E-state index < -0.39 is 0 Å². The number of rotatable bonds is 4. The van der Waals surface area contributed by atoms with Crippen LogP contribution in [0.4, 0.5) is 0 Å². The molecular formula is C16H21N5OS. The number of thiazole rings is 1. The highest BCUT2D eigenvalue weighted by Gasteiger charge is 2.42. The molecule has 2 aliphatic carbocycles. The minimum atomic E-state index is -0.0129. The van der Waals surface area contributed by atoms with Gasteiger partial charge in [0, 0.05) is 6.04 Å². The van der Waals surface area contributed by atoms with Gasteiger partial charge in [-0.2, -0.15) is 5.10 Å². The highest BCUT2D eigenvalue weighted by molar-refractivity contribution is 7.17. The Morgan fingerprint density at radius 3 is 2.96 bits per heavy atom. The zero-order valence-electron chi connectivity index (χ0n) is 13.4. The van der Waals surface area contributed by atoms with Crippen molar-refractivity contribution in [2.45, 2.75) is 45.6 Å². The molecule has 0 spiro atoms. The third-order valence-electron chi connectivity index (χ3n) is 5.41. The molecule has 0 radical (unpaired) electrons. The van der Waals surface area contributed by atoms with Crippen molar-refractivity contribution in [3.8, 4) is 10.8 Å². The first-order valence-electron chi connectivity index (χ1n) is 8.26. The number of aryl methyl sites for hydroxylation is 1. The molecule has 0 aliphatic heterocycles. The van der Waals surface area contributed by atoms with Gasteiger partial charge in [-0.25, -0.2) is 9.97 Å². The SMILES string of the molecule is Cc1nc(-c2ncn[nH]2)sc1C(=O)N[C@@H](C)[C@@H]1C[C@H]2CC[C@H]1C2. The van der Waals surface area contributed by atoms with Gasteiger partial charge >= 0.3 is 0 Å². The van der Waals surface area contributed by atoms with Crippen molar-refractivity contribution < 1.29 is 4.79 Å². The highest BCUT2D eigenvalue weighted by atomic mass is 32.1. The fourth-order valence-electron chi connectivity index (χ4n) is 4.30. The average molecular weight is 331 g/mol. The first-order chi connectivity index (χ1) is 11.1. The monoisotopic (exact) mass is 331 g/mol. The fourth-order valence-corrected chi connectivity index (χ4v) is 5.22. The van der Waals surface area contributed by atoms with Crippen LogP contribution in [0.5, 0.6) is 0 Å². The van der Waals surface area contributed by atoms with Gasteiger partial charge in [0.2, 0.25) is 0 Å². The van der Waals surface area contributed by atoms with Crippen LogP contribution in [0.3, 0.4) is 0 Å². The van der Waals surface area contributed by atoms with E-state index in [0.29, 0.717) is 21.6 Å². The summed E-state index contributed by atoms with van der Waals surface area (Å²) in [5.41, 5.74) is 0.749. The van der Waals surface area contributed by atoms with Crippen LogP contribution in [0.25, 0.3) is 10.8 Å². The summed E-state index contributed by atoms with van der Waals surface area (Å²) < 4.78 is 0. The van der Waals surface area contributed by atoms with Crippen LogP contribution in [0, 0.1) is 24.7 Å². The second-order valence-corrected chi connectivity index (χ2v) is 7.87. The molecule has 2 heterocycles. The summed E-state index contributed by atoms with van der Waals surface area (Å²) in [5, 5.41) is 10.5. The quantitative estimate of drug-likeness (QED) is 0.902. The van der Waals surface area contributed by atoms with Crippen molar-refractivity contribution in [1.29, 1.82) is 0 Å². The van der Waals surface area contributed by atoms with Crippen molar-refractivity contribution in [3.05, 3.63) is 16.9 Å². The molecule has 2 N–H and O–H groups in total. The van der Waals surface area contributed by atoms with Crippen LogP contribution in [0.15, 0.2) is 6.33 Å². The number of carbonyl (C=O) groups excluding carboxylic acids is 1. The van der Waals surface area contributed by atoms with Crippen LogP contribution in [-0.2, 0) is 0 Å². The number of carbonyl (C=O) groups is 1. The molecule has 2 fully saturated rings. The van der Waals surface area contributed by atoms with Crippen molar-refractivity contribution in [2.24, 2.45) is 17.8 Å². The topological polar surface area (TPSA) is 83.6 Å². The van der Waals surface area contributed by atoms with E-state index in [1.54, 1.807) is 0 Å². The Morgan fingerprint density at radius 1 is 1.43 bits per heavy atom. The number of aromatic nitrogens is 4. The summed E-state index contributed by atoms with van der Waals surface area (Å²) in [4.78, 5) is 21.8. The first kappa shape index (κ1) is 14.8. The predicted octanol–water partition coefficient (Wildman–Crippen LogP) is 2.79. The Morgan fingerprint density at radius 2 is 2.30 bits per heavy atom. The Hall–Kier alpha value is -1.76. The maximum Gasteiger partial charge on any atom is 0.263 e. The second kappa shape index (κ2) is 5.70. The molecule has 2 aromatic heterocycles. The Kier molecular flexibility index (Phi) is 3.67. The lowest BCUT2D eigenvalue weighted by molar-refractivity contribution is 0.0918. The minimum absolute atomic E-state index is 0.0129. The van der Waals surface area contributed by atoms with E-state index in [1.165, 1.54) is 43.3 Å². The van der Waals surface area contributed by atoms with E-state index in [0.717, 1.165) is 17.5 Å². The van der Waals surface area contributed by atoms with Crippen LogP contribution >= 0.6 is 11.3 Å². The Labute approximate surface area is 139 Å². The normalized spacial score (nSPS) is 27.3. The highest BCUT2D eigenvalue weighted by Crippen LogP contribution is 2.49. The van der Waals surface area contributed by atoms with Gasteiger partial charge in [0.1, 0.15) is 11.2 Å². The fraction of sp³-hybridized carbons (Fsp3) is 0.625. The molecule has 0 aromatic carbocycles. The van der Waals surface area contributed by atoms with Crippen molar-refractivity contribution >= 4 is 17.2 Å². The van der Waals surface area contributed by atoms with E-state index >= 15 is 0 Å². The zero-order valence-corrected chi connectivity index (χ0v) is 14.2. The molecule has 4 atom stereocenters. The van der Waals surface area contributed by atoms with Crippen LogP contribution in [0.1, 0.15) is 48.0 Å². The number of H-pyrrole nitrogens is 1. The van der Waals surface area contributed by atoms with Gasteiger partial charge in [-0.3, -0.25) is 9.89 Å². The van der Waals surface area contributed by atoms with Gasteiger partial charge in [-0.05, 0) is 50.9 Å². The van der Waals surface area contributed by atoms with Crippen LogP contribution in [0.2, 0.25) is 0 Å². The van der Waals surface area contributed by atoms with Gasteiger partial charge in [0.05, 0.1) is 5.69 Å². The molecule has 2 aliphatic rings. The predicted molar refractivity (Wildman–Crippen MR) is 88.1 cm³/mol. The molecule has 23 heavy (non-hydrogen) atoms. The van der Waals surface area contributed by atoms with E-state index in [4.69, 9.17) is 0 Å². The number of nitrogens with zero attached hydrogens (tertiary/aromatic N) is 3. The number of nitrogens with one attached hydrogen (secondary N) is 2. The largest absolute Gasteiger partial charge is 0.349 e. The number of fused-ring (bicyclic) bond motifs is 2. The van der Waals surface area contributed by atoms with Crippen molar-refractivity contribution in [3.63, 3.8) is 0 Å². The smallest absolute Gasteiger partial charge is 0.263 e. The molecule has 7 heteroatoms. The van der Waals surface area contributed by atoms with Gasteiger partial charge in [-0.1, -0.05) is 6.42 Å². The van der Waals surface area contributed by atoms with Crippen molar-refractivity contribution in [1.82, 2.24) is 25.5 Å². The summed E-state index contributed by atoms with van der Waals surface area (Å²) in [7, 11) is 0. The molecule has 6 nitrogen and oxygen atoms in total. The Balaban J connectivity index is 1.47. The molecule has 2 bridgehead atoms. The number of hydrogen-bond acceptors (Lipinski definition) is 5. The molecule has 1 amide bonds. The lowest BCUT2D eigenvalue weighted by Gasteiger charge is -2.28. The lowest BCUT2D eigenvalue weighted by atomic mass is 9.84. The number of amides is 1. The van der Waals surface area contributed by atoms with Gasteiger partial charge < -0.3 is 5.32 Å². The number of aromatic amines is 1. The number of hydrogen-bond donors (Lipinski definition) is 2. The zero-order chi connectivity index (χ0) is 16.0. The second-order valence-electron chi connectivity index (χ2n) is 6.87. The first-order valence-corrected chi connectivity index (χ1v) is 9.07. The molecule has 2 aromatic rings. The van der Waals surface area contributed by atoms with Gasteiger partial charge in [0.15, 0.2) is 10.8 Å². The van der Waals surface area contributed by atoms with E-state index in [2.05, 4.69) is 32.4 Å². The molecule has 0 unspecified atom stereocenters. The summed E-state index contributed by atoms with van der Waals surface area (Å²) in [6.07, 6.45) is 6.81. The molecule has 0 saturated heterocycles. The molecule has 2 saturated carbocycles. The van der Waals surface area contributed by atoms with E-state index in [-0.39, 0.29) is 11.9 Å². The summed E-state index contributed by atoms with van der Waals surface area (Å²) in [6.45, 7) is 4.02. The molecule has 122 valence electrons. The van der Waals surface area contributed by atoms with E-state index in [1.807, 2.05) is 6.92 Å². The summed E-state index contributed by atoms with van der Waals surface area (Å²) in [5.74, 6) is 2.94. The summed E-state index contributed by atoms with van der Waals surface area (Å²) >= 11 is 1.37. The van der Waals surface area contributed by atoms with Crippen LogP contribution in [-0.4, -0.2) is 32.1 Å². The standard InChI is InChI=1S/C16H21N5OS/c1-8(12-6-10-3-4-11(12)5-10)19-15(22)13-9(2)20-16(23-13)14-17-7-18-21-14/h7-8,10-12H,3-6H2,1-2H3,(H,19,22)(H,17,18,21)/t8-,10-,11-,12-/m0/s1. The third kappa shape index (κ3) is 2.67. The Bertz CT molecular complexity index is 710. The molecular weight excluding hydrogens is 310 g/mol. The van der Waals surface area contributed by atoms with E-state index in [9.17, 15) is 4.79 Å². The van der Waals surface area contributed by atoms with Crippen LogP contribution < -0.4 is 5.32 Å². The minimum Gasteiger partial charge on any atom is -0.349 e. The van der Waals surface area contributed by atoms with Crippen molar-refractivity contribution in [2.75, 3.05) is 0 Å².